The predicted octanol–water partition coefficient (Wildman–Crippen LogP) is 1.52. The average molecular weight is 378 g/mol. The zero-order valence-corrected chi connectivity index (χ0v) is 16.9. The summed E-state index contributed by atoms with van der Waals surface area (Å²) in [6, 6.07) is 22.2. The number of amidine groups is 2. The molecule has 0 bridgehead atoms. The maximum absolute atomic E-state index is 2.72. The van der Waals surface area contributed by atoms with Gasteiger partial charge >= 0.3 is 0 Å². The van der Waals surface area contributed by atoms with Gasteiger partial charge in [0.25, 0.3) is 11.7 Å². The molecule has 0 fully saturated rings. The molecule has 0 N–H and O–H groups in total. The quantitative estimate of drug-likeness (QED) is 0.593. The van der Waals surface area contributed by atoms with Gasteiger partial charge in [-0.25, -0.2) is 4.67 Å². The maximum Gasteiger partial charge on any atom is 0.262 e. The van der Waals surface area contributed by atoms with Crippen molar-refractivity contribution in [2.45, 2.75) is 6.42 Å². The lowest BCUT2D eigenvalue weighted by Crippen LogP contribution is -2.36. The van der Waals surface area contributed by atoms with Crippen molar-refractivity contribution in [3.8, 4) is 0 Å². The lowest BCUT2D eigenvalue weighted by molar-refractivity contribution is -0.585. The van der Waals surface area contributed by atoms with Gasteiger partial charge < -0.3 is 0 Å². The fourth-order valence-corrected chi connectivity index (χ4v) is 6.99. The lowest BCUT2D eigenvalue weighted by atomic mass is 10.3. The Morgan fingerprint density at radius 2 is 1.26 bits per heavy atom. The second kappa shape index (κ2) is 7.09. The molecule has 0 unspecified atom stereocenters. The van der Waals surface area contributed by atoms with Crippen LogP contribution in [0.25, 0.3) is 0 Å². The first-order chi connectivity index (χ1) is 13.3. The normalized spacial score (nSPS) is 19.6. The fraction of sp³-hybridized carbons (Fsp3) is 0.364. The Morgan fingerprint density at radius 1 is 0.704 bits per heavy atom. The van der Waals surface area contributed by atoms with E-state index < -0.39 is 8.07 Å². The van der Waals surface area contributed by atoms with Gasteiger partial charge in [0.2, 0.25) is 0 Å². The average Bonchev–Trinajstić information content (AvgIpc) is 3.21. The van der Waals surface area contributed by atoms with E-state index in [9.17, 15) is 0 Å². The molecule has 3 aliphatic heterocycles. The molecule has 3 heterocycles. The van der Waals surface area contributed by atoms with Crippen molar-refractivity contribution >= 4 is 30.4 Å². The number of likely N-dealkylation sites (N-methyl/N-ethyl adjacent to an activating group) is 1. The minimum Gasteiger partial charge on any atom is -0.264 e. The van der Waals surface area contributed by atoms with Gasteiger partial charge in [-0.05, 0) is 0 Å². The highest BCUT2D eigenvalue weighted by atomic mass is 31.1. The van der Waals surface area contributed by atoms with Gasteiger partial charge in [-0.2, -0.15) is 0 Å². The molecule has 0 saturated heterocycles. The Labute approximate surface area is 162 Å². The van der Waals surface area contributed by atoms with E-state index in [4.69, 9.17) is 0 Å². The first-order valence-electron chi connectivity index (χ1n) is 9.91. The van der Waals surface area contributed by atoms with Crippen LogP contribution in [0.3, 0.4) is 0 Å². The summed E-state index contributed by atoms with van der Waals surface area (Å²) in [5.74, 6) is 3.04. The molecule has 2 aromatic carbocycles. The summed E-state index contributed by atoms with van der Waals surface area (Å²) >= 11 is 0. The Balaban J connectivity index is 1.56. The molecule has 0 atom stereocenters. The molecule has 0 radical (unpaired) electrons. The van der Waals surface area contributed by atoms with Gasteiger partial charge in [0.05, 0.1) is 7.05 Å². The van der Waals surface area contributed by atoms with E-state index in [1.54, 1.807) is 0 Å². The van der Waals surface area contributed by atoms with Crippen LogP contribution in [-0.4, -0.2) is 76.7 Å². The standard InChI is InChI=1S/C22H27N4P/c1-23-12-13-24-14-15-25-16-17-26(22(25)18-21(23)24)27(19-8-4-2-5-9-19)20-10-6-3-7-11-20/h2-11H,12-18H2,1H3/q+2. The molecular formula is C22H27N4P+2. The third-order valence-electron chi connectivity index (χ3n) is 5.95. The summed E-state index contributed by atoms with van der Waals surface area (Å²) in [5.41, 5.74) is 0. The van der Waals surface area contributed by atoms with Gasteiger partial charge in [-0.3, -0.25) is 14.1 Å². The maximum atomic E-state index is 2.72. The second-order valence-corrected chi connectivity index (χ2v) is 9.65. The lowest BCUT2D eigenvalue weighted by Gasteiger charge is -2.24. The molecule has 5 heteroatoms. The van der Waals surface area contributed by atoms with Crippen LogP contribution in [0.5, 0.6) is 0 Å². The van der Waals surface area contributed by atoms with Gasteiger partial charge in [0, 0.05) is 10.6 Å². The van der Waals surface area contributed by atoms with Crippen LogP contribution < -0.4 is 10.6 Å². The van der Waals surface area contributed by atoms with Gasteiger partial charge in [0.15, 0.2) is 8.07 Å². The van der Waals surface area contributed by atoms with Crippen molar-refractivity contribution in [2.75, 3.05) is 46.3 Å². The SMILES string of the molecule is CN1CC[N+]2=C1CC1=[N+](CCN1P(c1ccccc1)c1ccccc1)CC2. The number of hydrogen-bond acceptors (Lipinski definition) is 2. The van der Waals surface area contributed by atoms with Gasteiger partial charge in [-0.15, -0.1) is 0 Å². The summed E-state index contributed by atoms with van der Waals surface area (Å²) in [5, 5.41) is 2.89. The monoisotopic (exact) mass is 378 g/mol. The van der Waals surface area contributed by atoms with Crippen molar-refractivity contribution in [3.63, 3.8) is 0 Å². The zero-order valence-electron chi connectivity index (χ0n) is 16.0. The van der Waals surface area contributed by atoms with Crippen LogP contribution in [0.2, 0.25) is 0 Å². The first-order valence-corrected chi connectivity index (χ1v) is 11.2. The Bertz CT molecular complexity index is 852. The van der Waals surface area contributed by atoms with Crippen molar-refractivity contribution in [1.29, 1.82) is 0 Å². The number of benzene rings is 2. The number of rotatable bonds is 3. The molecule has 0 aliphatic carbocycles. The molecule has 27 heavy (non-hydrogen) atoms. The molecule has 0 amide bonds. The van der Waals surface area contributed by atoms with Crippen LogP contribution >= 0.6 is 8.07 Å². The van der Waals surface area contributed by atoms with Crippen molar-refractivity contribution in [2.24, 2.45) is 0 Å². The molecule has 2 aromatic rings. The van der Waals surface area contributed by atoms with Gasteiger partial charge in [0.1, 0.15) is 45.7 Å². The molecule has 5 rings (SSSR count). The molecule has 4 nitrogen and oxygen atoms in total. The Morgan fingerprint density at radius 3 is 1.89 bits per heavy atom. The molecule has 0 aromatic heterocycles. The van der Waals surface area contributed by atoms with E-state index in [1.807, 2.05) is 0 Å². The highest BCUT2D eigenvalue weighted by Crippen LogP contribution is 2.40. The highest BCUT2D eigenvalue weighted by molar-refractivity contribution is 7.71. The summed E-state index contributed by atoms with van der Waals surface area (Å²) in [6.07, 6.45) is 1.06. The van der Waals surface area contributed by atoms with E-state index in [1.165, 1.54) is 28.8 Å². The fourth-order valence-electron chi connectivity index (χ4n) is 4.50. The third-order valence-corrected chi connectivity index (χ3v) is 8.44. The van der Waals surface area contributed by atoms with E-state index >= 15 is 0 Å². The Hall–Kier alpha value is -2.19. The molecule has 138 valence electrons. The van der Waals surface area contributed by atoms with E-state index in [-0.39, 0.29) is 0 Å². The van der Waals surface area contributed by atoms with Crippen LogP contribution in [0.4, 0.5) is 0 Å². The minimum atomic E-state index is -0.535. The van der Waals surface area contributed by atoms with Crippen molar-refractivity contribution in [3.05, 3.63) is 60.7 Å². The van der Waals surface area contributed by atoms with Crippen molar-refractivity contribution < 1.29 is 9.15 Å². The van der Waals surface area contributed by atoms with Crippen LogP contribution in [0, 0.1) is 0 Å². The minimum absolute atomic E-state index is 0.535. The molecular weight excluding hydrogens is 351 g/mol. The second-order valence-electron chi connectivity index (χ2n) is 7.51. The largest absolute Gasteiger partial charge is 0.264 e. The van der Waals surface area contributed by atoms with Crippen LogP contribution in [0.1, 0.15) is 6.42 Å². The third kappa shape index (κ3) is 3.06. The summed E-state index contributed by atoms with van der Waals surface area (Å²) in [7, 11) is 1.72. The molecule has 0 spiro atoms. The van der Waals surface area contributed by atoms with Crippen LogP contribution in [0.15, 0.2) is 60.7 Å². The predicted molar refractivity (Wildman–Crippen MR) is 113 cm³/mol. The molecule has 0 saturated carbocycles. The van der Waals surface area contributed by atoms with E-state index in [2.05, 4.69) is 86.4 Å². The van der Waals surface area contributed by atoms with Crippen LogP contribution in [-0.2, 0) is 0 Å². The van der Waals surface area contributed by atoms with E-state index in [0.29, 0.717) is 0 Å². The summed E-state index contributed by atoms with van der Waals surface area (Å²) < 4.78 is 7.96. The summed E-state index contributed by atoms with van der Waals surface area (Å²) in [4.78, 5) is 2.46. The van der Waals surface area contributed by atoms with Crippen molar-refractivity contribution in [1.82, 2.24) is 9.57 Å². The zero-order chi connectivity index (χ0) is 18.2. The first kappa shape index (κ1) is 16.9. The smallest absolute Gasteiger partial charge is 0.262 e. The number of nitrogens with zero attached hydrogens (tertiary/aromatic N) is 4. The van der Waals surface area contributed by atoms with Gasteiger partial charge in [-0.1, -0.05) is 60.7 Å². The Kier molecular flexibility index (Phi) is 4.45. The topological polar surface area (TPSA) is 12.5 Å². The number of hydrogen-bond donors (Lipinski definition) is 0. The van der Waals surface area contributed by atoms with E-state index in [0.717, 1.165) is 39.1 Å². The molecule has 3 aliphatic rings. The summed E-state index contributed by atoms with van der Waals surface area (Å²) in [6.45, 7) is 6.93. The highest BCUT2D eigenvalue weighted by Gasteiger charge is 2.44.